The molecule has 2 N–H and O–H groups in total. The van der Waals surface area contributed by atoms with Crippen LogP contribution in [0.2, 0.25) is 0 Å². The highest BCUT2D eigenvalue weighted by Crippen LogP contribution is 2.31. The molecule has 14 heteroatoms. The number of amides is 2. The molecule has 48 heavy (non-hydrogen) atoms. The standard InChI is InChI=1S/C34H45F6N3O5/c1-22-18-43(23(2)21-44)32(46)28-17-27(41-31(45)14-15-33(35,36)37)12-13-29(28)48-24(3)7-5-6-16-47-30(22)20-42(4)19-25-8-10-26(11-9-25)34(38,39)40/h8-13,17,22-24,30,44H,5-7,14-16,18-21H2,1-4H3,(H,41,45)/t22-,23+,24-,30+/m1/s1. The SMILES string of the molecule is C[C@@H]1CCCCO[C@@H](CN(C)Cc2ccc(C(F)(F)F)cc2)[C@H](C)CN([C@@H](C)CO)C(=O)c2cc(NC(=O)CCC(F)(F)F)ccc2O1. The van der Waals surface area contributed by atoms with Crippen molar-refractivity contribution in [1.82, 2.24) is 9.80 Å². The fraction of sp³-hybridized carbons (Fsp3) is 0.588. The summed E-state index contributed by atoms with van der Waals surface area (Å²) in [6.45, 7) is 6.42. The summed E-state index contributed by atoms with van der Waals surface area (Å²) in [6, 6.07) is 8.66. The van der Waals surface area contributed by atoms with E-state index in [0.29, 0.717) is 31.7 Å². The van der Waals surface area contributed by atoms with Gasteiger partial charge in [0, 0.05) is 44.3 Å². The van der Waals surface area contributed by atoms with Gasteiger partial charge in [-0.25, -0.2) is 0 Å². The number of aliphatic hydroxyl groups excluding tert-OH is 1. The first-order valence-corrected chi connectivity index (χ1v) is 16.0. The van der Waals surface area contributed by atoms with Gasteiger partial charge in [-0.15, -0.1) is 0 Å². The molecule has 2 aromatic carbocycles. The van der Waals surface area contributed by atoms with E-state index in [4.69, 9.17) is 9.47 Å². The molecular formula is C34H45F6N3O5. The highest BCUT2D eigenvalue weighted by atomic mass is 19.4. The molecule has 0 bridgehead atoms. The molecule has 8 nitrogen and oxygen atoms in total. The van der Waals surface area contributed by atoms with Crippen molar-refractivity contribution in [1.29, 1.82) is 0 Å². The maximum Gasteiger partial charge on any atom is 0.416 e. The molecule has 0 saturated carbocycles. The third-order valence-corrected chi connectivity index (χ3v) is 8.20. The van der Waals surface area contributed by atoms with E-state index in [1.54, 1.807) is 6.92 Å². The molecule has 2 amide bonds. The number of ether oxygens (including phenoxy) is 2. The summed E-state index contributed by atoms with van der Waals surface area (Å²) in [6.07, 6.45) is -9.55. The minimum Gasteiger partial charge on any atom is -0.490 e. The van der Waals surface area contributed by atoms with Gasteiger partial charge in [-0.1, -0.05) is 19.1 Å². The zero-order valence-corrected chi connectivity index (χ0v) is 27.7. The monoisotopic (exact) mass is 689 g/mol. The van der Waals surface area contributed by atoms with Crippen LogP contribution in [-0.2, 0) is 22.3 Å². The minimum atomic E-state index is -4.49. The Labute approximate surface area is 277 Å². The van der Waals surface area contributed by atoms with Crippen LogP contribution in [0.5, 0.6) is 5.75 Å². The van der Waals surface area contributed by atoms with Crippen molar-refractivity contribution >= 4 is 17.5 Å². The molecule has 0 saturated heterocycles. The van der Waals surface area contributed by atoms with Gasteiger partial charge in [-0.05, 0) is 76.1 Å². The number of carbonyl (C=O) groups is 2. The van der Waals surface area contributed by atoms with Crippen LogP contribution in [0.15, 0.2) is 42.5 Å². The van der Waals surface area contributed by atoms with Crippen LogP contribution in [0.25, 0.3) is 0 Å². The number of aliphatic hydroxyl groups is 1. The van der Waals surface area contributed by atoms with Crippen LogP contribution < -0.4 is 10.1 Å². The second-order valence-corrected chi connectivity index (χ2v) is 12.6. The molecule has 1 heterocycles. The Morgan fingerprint density at radius 2 is 1.77 bits per heavy atom. The molecule has 0 fully saturated rings. The smallest absolute Gasteiger partial charge is 0.416 e. The molecule has 0 aromatic heterocycles. The molecule has 0 aliphatic carbocycles. The number of alkyl halides is 6. The van der Waals surface area contributed by atoms with Gasteiger partial charge in [0.2, 0.25) is 5.91 Å². The van der Waals surface area contributed by atoms with E-state index in [0.717, 1.165) is 25.0 Å². The summed E-state index contributed by atoms with van der Waals surface area (Å²) in [5, 5.41) is 12.5. The van der Waals surface area contributed by atoms with E-state index in [9.17, 15) is 41.0 Å². The normalized spacial score (nSPS) is 20.9. The van der Waals surface area contributed by atoms with Gasteiger partial charge in [-0.2, -0.15) is 26.3 Å². The highest BCUT2D eigenvalue weighted by molar-refractivity contribution is 5.99. The Morgan fingerprint density at radius 1 is 1.08 bits per heavy atom. The van der Waals surface area contributed by atoms with E-state index in [2.05, 4.69) is 5.32 Å². The van der Waals surface area contributed by atoms with Crippen molar-refractivity contribution in [2.24, 2.45) is 5.92 Å². The van der Waals surface area contributed by atoms with E-state index >= 15 is 0 Å². The summed E-state index contributed by atoms with van der Waals surface area (Å²) in [4.78, 5) is 29.8. The number of nitrogens with zero attached hydrogens (tertiary/aromatic N) is 2. The Balaban J connectivity index is 1.86. The van der Waals surface area contributed by atoms with Crippen molar-refractivity contribution in [3.05, 3.63) is 59.2 Å². The van der Waals surface area contributed by atoms with Crippen molar-refractivity contribution in [3.63, 3.8) is 0 Å². The highest BCUT2D eigenvalue weighted by Gasteiger charge is 2.32. The second-order valence-electron chi connectivity index (χ2n) is 12.6. The minimum absolute atomic E-state index is 0.0805. The van der Waals surface area contributed by atoms with E-state index in [1.165, 1.54) is 35.2 Å². The Hall–Kier alpha value is -3.36. The van der Waals surface area contributed by atoms with Crippen molar-refractivity contribution < 1.29 is 50.5 Å². The van der Waals surface area contributed by atoms with Gasteiger partial charge in [0.25, 0.3) is 5.91 Å². The topological polar surface area (TPSA) is 91.3 Å². The van der Waals surface area contributed by atoms with Gasteiger partial charge in [0.05, 0.1) is 42.4 Å². The molecule has 1 aliphatic heterocycles. The number of hydrogen-bond acceptors (Lipinski definition) is 6. The van der Waals surface area contributed by atoms with E-state index in [1.807, 2.05) is 25.8 Å². The van der Waals surface area contributed by atoms with Crippen molar-refractivity contribution in [3.8, 4) is 5.75 Å². The first kappa shape index (κ1) is 39.1. The molecule has 1 aliphatic rings. The predicted octanol–water partition coefficient (Wildman–Crippen LogP) is 6.91. The number of fused-ring (bicyclic) bond motifs is 1. The van der Waals surface area contributed by atoms with Gasteiger partial charge in [0.15, 0.2) is 0 Å². The summed E-state index contributed by atoms with van der Waals surface area (Å²) in [5.74, 6) is -1.39. The number of rotatable bonds is 9. The number of likely N-dealkylation sites (N-methyl/N-ethyl adjacent to an activating group) is 1. The Kier molecular flexibility index (Phi) is 14.1. The van der Waals surface area contributed by atoms with Crippen LogP contribution in [0.3, 0.4) is 0 Å². The van der Waals surface area contributed by atoms with Gasteiger partial charge in [0.1, 0.15) is 5.75 Å². The zero-order valence-electron chi connectivity index (χ0n) is 27.7. The van der Waals surface area contributed by atoms with Crippen LogP contribution in [0.4, 0.5) is 32.0 Å². The number of anilines is 1. The quantitative estimate of drug-likeness (QED) is 0.278. The number of carbonyl (C=O) groups excluding carboxylic acids is 2. The maximum atomic E-state index is 14.2. The number of hydrogen-bond donors (Lipinski definition) is 2. The van der Waals surface area contributed by atoms with Crippen LogP contribution in [0, 0.1) is 5.92 Å². The zero-order chi connectivity index (χ0) is 35.6. The van der Waals surface area contributed by atoms with Crippen LogP contribution in [0.1, 0.15) is 74.4 Å². The molecule has 2 aromatic rings. The average molecular weight is 690 g/mol. The van der Waals surface area contributed by atoms with Crippen molar-refractivity contribution in [2.45, 2.75) is 90.0 Å². The fourth-order valence-corrected chi connectivity index (χ4v) is 5.42. The Morgan fingerprint density at radius 3 is 2.40 bits per heavy atom. The lowest BCUT2D eigenvalue weighted by atomic mass is 10.0. The van der Waals surface area contributed by atoms with Gasteiger partial charge < -0.3 is 24.8 Å². The molecule has 0 unspecified atom stereocenters. The molecule has 0 radical (unpaired) electrons. The number of nitrogens with one attached hydrogen (secondary N) is 1. The van der Waals surface area contributed by atoms with E-state index in [-0.39, 0.29) is 48.3 Å². The molecule has 4 atom stereocenters. The summed E-state index contributed by atoms with van der Waals surface area (Å²) >= 11 is 0. The molecular weight excluding hydrogens is 644 g/mol. The lowest BCUT2D eigenvalue weighted by molar-refractivity contribution is -0.142. The number of halogens is 6. The first-order valence-electron chi connectivity index (χ1n) is 16.0. The molecule has 3 rings (SSSR count). The van der Waals surface area contributed by atoms with Crippen LogP contribution in [-0.4, -0.2) is 84.5 Å². The molecule has 0 spiro atoms. The second kappa shape index (κ2) is 17.3. The van der Waals surface area contributed by atoms with Gasteiger partial charge >= 0.3 is 12.4 Å². The number of benzene rings is 2. The largest absolute Gasteiger partial charge is 0.490 e. The first-order chi connectivity index (χ1) is 22.5. The predicted molar refractivity (Wildman–Crippen MR) is 169 cm³/mol. The van der Waals surface area contributed by atoms with Crippen LogP contribution >= 0.6 is 0 Å². The third kappa shape index (κ3) is 12.3. The average Bonchev–Trinajstić information content (AvgIpc) is 3.01. The molecule has 268 valence electrons. The maximum absolute atomic E-state index is 14.2. The lowest BCUT2D eigenvalue weighted by Gasteiger charge is -2.36. The Bertz CT molecular complexity index is 1340. The summed E-state index contributed by atoms with van der Waals surface area (Å²) in [5.41, 5.74) is 0.174. The fourth-order valence-electron chi connectivity index (χ4n) is 5.42. The lowest BCUT2D eigenvalue weighted by Crippen LogP contribution is -2.47. The third-order valence-electron chi connectivity index (χ3n) is 8.20. The summed E-state index contributed by atoms with van der Waals surface area (Å²) in [7, 11) is 1.83. The van der Waals surface area contributed by atoms with Gasteiger partial charge in [-0.3, -0.25) is 14.5 Å². The van der Waals surface area contributed by atoms with E-state index < -0.39 is 48.6 Å². The summed E-state index contributed by atoms with van der Waals surface area (Å²) < 4.78 is 89.5. The van der Waals surface area contributed by atoms with Crippen molar-refractivity contribution in [2.75, 3.05) is 38.7 Å².